The number of esters is 1. The molecule has 2 rings (SSSR count). The highest BCUT2D eigenvalue weighted by molar-refractivity contribution is 6.35. The van der Waals surface area contributed by atoms with Crippen molar-refractivity contribution in [2.75, 3.05) is 7.11 Å². The van der Waals surface area contributed by atoms with Crippen molar-refractivity contribution in [1.82, 2.24) is 4.98 Å². The van der Waals surface area contributed by atoms with Gasteiger partial charge >= 0.3 is 5.97 Å². The van der Waals surface area contributed by atoms with E-state index in [4.69, 9.17) is 11.6 Å². The third-order valence-corrected chi connectivity index (χ3v) is 2.37. The topological polar surface area (TPSA) is 39.2 Å². The second-order valence-corrected chi connectivity index (χ2v) is 3.43. The standard InChI is InChI=1S/C11H8ClNO2/c1-15-11(14)8-5-7-3-2-4-13-10(7)9(12)6-8/h2-6H,1H3. The summed E-state index contributed by atoms with van der Waals surface area (Å²) in [7, 11) is 1.34. The number of rotatable bonds is 1. The van der Waals surface area contributed by atoms with Crippen molar-refractivity contribution in [3.63, 3.8) is 0 Å². The molecule has 0 fully saturated rings. The van der Waals surface area contributed by atoms with Crippen LogP contribution in [0.4, 0.5) is 0 Å². The van der Waals surface area contributed by atoms with Gasteiger partial charge in [-0.25, -0.2) is 4.79 Å². The first-order chi connectivity index (χ1) is 7.22. The summed E-state index contributed by atoms with van der Waals surface area (Å²) in [6.07, 6.45) is 1.66. The maximum absolute atomic E-state index is 11.3. The van der Waals surface area contributed by atoms with Crippen molar-refractivity contribution in [1.29, 1.82) is 0 Å². The lowest BCUT2D eigenvalue weighted by Gasteiger charge is -2.03. The summed E-state index contributed by atoms with van der Waals surface area (Å²) in [5, 5.41) is 1.28. The van der Waals surface area contributed by atoms with Crippen molar-refractivity contribution in [3.8, 4) is 0 Å². The van der Waals surface area contributed by atoms with Crippen molar-refractivity contribution in [2.45, 2.75) is 0 Å². The normalized spacial score (nSPS) is 10.3. The first-order valence-electron chi connectivity index (χ1n) is 4.35. The van der Waals surface area contributed by atoms with Crippen LogP contribution in [-0.4, -0.2) is 18.1 Å². The lowest BCUT2D eigenvalue weighted by molar-refractivity contribution is 0.0601. The average molecular weight is 222 g/mol. The van der Waals surface area contributed by atoms with Crippen molar-refractivity contribution in [2.24, 2.45) is 0 Å². The van der Waals surface area contributed by atoms with E-state index in [2.05, 4.69) is 9.72 Å². The Morgan fingerprint density at radius 2 is 2.27 bits per heavy atom. The van der Waals surface area contributed by atoms with Gasteiger partial charge in [0, 0.05) is 11.6 Å². The molecule has 1 aromatic carbocycles. The van der Waals surface area contributed by atoms with E-state index in [1.54, 1.807) is 24.4 Å². The predicted molar refractivity (Wildman–Crippen MR) is 58.1 cm³/mol. The quantitative estimate of drug-likeness (QED) is 0.695. The number of fused-ring (bicyclic) bond motifs is 1. The summed E-state index contributed by atoms with van der Waals surface area (Å²) in [6, 6.07) is 6.91. The van der Waals surface area contributed by atoms with E-state index in [1.165, 1.54) is 7.11 Å². The van der Waals surface area contributed by atoms with E-state index in [-0.39, 0.29) is 0 Å². The summed E-state index contributed by atoms with van der Waals surface area (Å²) in [5.41, 5.74) is 1.12. The largest absolute Gasteiger partial charge is 0.465 e. The number of pyridine rings is 1. The summed E-state index contributed by atoms with van der Waals surface area (Å²) in [6.45, 7) is 0. The maximum atomic E-state index is 11.3. The molecule has 0 atom stereocenters. The van der Waals surface area contributed by atoms with Crippen LogP contribution in [0.3, 0.4) is 0 Å². The SMILES string of the molecule is COC(=O)c1cc(Cl)c2ncccc2c1. The molecule has 15 heavy (non-hydrogen) atoms. The third kappa shape index (κ3) is 1.78. The molecule has 0 aliphatic carbocycles. The third-order valence-electron chi connectivity index (χ3n) is 2.08. The average Bonchev–Trinajstić information content (AvgIpc) is 2.28. The maximum Gasteiger partial charge on any atom is 0.337 e. The van der Waals surface area contributed by atoms with E-state index in [0.29, 0.717) is 16.1 Å². The second-order valence-electron chi connectivity index (χ2n) is 3.02. The van der Waals surface area contributed by atoms with Gasteiger partial charge in [-0.05, 0) is 18.2 Å². The van der Waals surface area contributed by atoms with Crippen LogP contribution < -0.4 is 0 Å². The Morgan fingerprint density at radius 3 is 3.00 bits per heavy atom. The second kappa shape index (κ2) is 3.87. The zero-order valence-electron chi connectivity index (χ0n) is 8.03. The van der Waals surface area contributed by atoms with Gasteiger partial charge in [0.05, 0.1) is 23.2 Å². The molecule has 1 aromatic heterocycles. The fraction of sp³-hybridized carbons (Fsp3) is 0.0909. The van der Waals surface area contributed by atoms with Gasteiger partial charge in [0.15, 0.2) is 0 Å². The molecule has 0 spiro atoms. The monoisotopic (exact) mass is 221 g/mol. The molecule has 0 radical (unpaired) electrons. The lowest BCUT2D eigenvalue weighted by atomic mass is 10.1. The highest BCUT2D eigenvalue weighted by Gasteiger charge is 2.09. The first-order valence-corrected chi connectivity index (χ1v) is 4.73. The number of methoxy groups -OCH3 is 1. The summed E-state index contributed by atoms with van der Waals surface area (Å²) in [4.78, 5) is 15.4. The Morgan fingerprint density at radius 1 is 1.47 bits per heavy atom. The van der Waals surface area contributed by atoms with Crippen LogP contribution in [0.1, 0.15) is 10.4 Å². The molecule has 0 bridgehead atoms. The fourth-order valence-electron chi connectivity index (χ4n) is 1.38. The Bertz CT molecular complexity index is 525. The Hall–Kier alpha value is -1.61. The minimum absolute atomic E-state index is 0.400. The number of nitrogens with zero attached hydrogens (tertiary/aromatic N) is 1. The Labute approximate surface area is 91.6 Å². The van der Waals surface area contributed by atoms with E-state index in [1.807, 2.05) is 6.07 Å². The van der Waals surface area contributed by atoms with E-state index in [9.17, 15) is 4.79 Å². The van der Waals surface area contributed by atoms with Gasteiger partial charge in [0.25, 0.3) is 0 Å². The zero-order valence-corrected chi connectivity index (χ0v) is 8.78. The molecular weight excluding hydrogens is 214 g/mol. The summed E-state index contributed by atoms with van der Waals surface area (Å²) in [5.74, 6) is -0.400. The molecular formula is C11H8ClNO2. The molecule has 0 saturated heterocycles. The lowest BCUT2D eigenvalue weighted by Crippen LogP contribution is -2.01. The van der Waals surface area contributed by atoms with Gasteiger partial charge in [0.2, 0.25) is 0 Å². The molecule has 3 nitrogen and oxygen atoms in total. The Balaban J connectivity index is 2.67. The number of carbonyl (C=O) groups is 1. The van der Waals surface area contributed by atoms with Gasteiger partial charge in [-0.3, -0.25) is 4.98 Å². The molecule has 2 aromatic rings. The number of halogens is 1. The van der Waals surface area contributed by atoms with Crippen LogP contribution in [0.2, 0.25) is 5.02 Å². The van der Waals surface area contributed by atoms with Crippen LogP contribution in [-0.2, 0) is 4.74 Å². The van der Waals surface area contributed by atoms with Gasteiger partial charge in [0.1, 0.15) is 0 Å². The van der Waals surface area contributed by atoms with Crippen molar-refractivity contribution in [3.05, 3.63) is 41.0 Å². The highest BCUT2D eigenvalue weighted by atomic mass is 35.5. The zero-order chi connectivity index (χ0) is 10.8. The van der Waals surface area contributed by atoms with Crippen LogP contribution in [0.15, 0.2) is 30.5 Å². The first kappa shape index (κ1) is 9.93. The molecule has 1 heterocycles. The number of hydrogen-bond acceptors (Lipinski definition) is 3. The number of ether oxygens (including phenoxy) is 1. The molecule has 4 heteroatoms. The van der Waals surface area contributed by atoms with E-state index < -0.39 is 5.97 Å². The number of aromatic nitrogens is 1. The van der Waals surface area contributed by atoms with Gasteiger partial charge in [-0.1, -0.05) is 17.7 Å². The number of benzene rings is 1. The summed E-state index contributed by atoms with van der Waals surface area (Å²) >= 11 is 5.99. The molecule has 0 aliphatic heterocycles. The molecule has 0 unspecified atom stereocenters. The van der Waals surface area contributed by atoms with Crippen molar-refractivity contribution < 1.29 is 9.53 Å². The molecule has 76 valence electrons. The summed E-state index contributed by atoms with van der Waals surface area (Å²) < 4.78 is 4.62. The van der Waals surface area contributed by atoms with E-state index >= 15 is 0 Å². The minimum Gasteiger partial charge on any atom is -0.465 e. The van der Waals surface area contributed by atoms with Gasteiger partial charge in [-0.2, -0.15) is 0 Å². The van der Waals surface area contributed by atoms with Gasteiger partial charge in [-0.15, -0.1) is 0 Å². The number of hydrogen-bond donors (Lipinski definition) is 0. The highest BCUT2D eigenvalue weighted by Crippen LogP contribution is 2.23. The van der Waals surface area contributed by atoms with Crippen LogP contribution in [0.5, 0.6) is 0 Å². The molecule has 0 amide bonds. The molecule has 0 N–H and O–H groups in total. The molecule has 0 saturated carbocycles. The van der Waals surface area contributed by atoms with Gasteiger partial charge < -0.3 is 4.74 Å². The van der Waals surface area contributed by atoms with Crippen molar-refractivity contribution >= 4 is 28.5 Å². The number of carbonyl (C=O) groups excluding carboxylic acids is 1. The Kier molecular flexibility index (Phi) is 2.56. The van der Waals surface area contributed by atoms with Crippen LogP contribution in [0, 0.1) is 0 Å². The smallest absolute Gasteiger partial charge is 0.337 e. The van der Waals surface area contributed by atoms with Crippen LogP contribution in [0.25, 0.3) is 10.9 Å². The fourth-order valence-corrected chi connectivity index (χ4v) is 1.66. The minimum atomic E-state index is -0.400. The van der Waals surface area contributed by atoms with E-state index in [0.717, 1.165) is 5.39 Å². The molecule has 0 aliphatic rings. The predicted octanol–water partition coefficient (Wildman–Crippen LogP) is 2.67. The van der Waals surface area contributed by atoms with Crippen LogP contribution >= 0.6 is 11.6 Å².